The Balaban J connectivity index is 1.71. The zero-order valence-corrected chi connectivity index (χ0v) is 17.8. The molecule has 8 heteroatoms. The molecule has 1 aliphatic rings. The summed E-state index contributed by atoms with van der Waals surface area (Å²) < 4.78 is 35.5. The summed E-state index contributed by atoms with van der Waals surface area (Å²) >= 11 is 0. The molecule has 0 aliphatic heterocycles. The van der Waals surface area contributed by atoms with Crippen molar-refractivity contribution in [2.45, 2.75) is 38.7 Å². The first-order valence-corrected chi connectivity index (χ1v) is 10.5. The summed E-state index contributed by atoms with van der Waals surface area (Å²) in [5, 5.41) is 10.3. The Labute approximate surface area is 182 Å². The molecule has 5 rings (SSSR count). The fourth-order valence-electron chi connectivity index (χ4n) is 4.70. The van der Waals surface area contributed by atoms with Gasteiger partial charge in [-0.2, -0.15) is 0 Å². The third kappa shape index (κ3) is 3.26. The summed E-state index contributed by atoms with van der Waals surface area (Å²) in [4.78, 5) is 19.7. The molecule has 0 saturated heterocycles. The molecule has 6 nitrogen and oxygen atoms in total. The summed E-state index contributed by atoms with van der Waals surface area (Å²) in [6, 6.07) is 9.07. The van der Waals surface area contributed by atoms with Crippen LogP contribution in [0.3, 0.4) is 0 Å². The van der Waals surface area contributed by atoms with Crippen molar-refractivity contribution in [1.82, 2.24) is 14.5 Å². The number of methoxy groups -OCH3 is 1. The monoisotopic (exact) mass is 439 g/mol. The van der Waals surface area contributed by atoms with E-state index < -0.39 is 11.9 Å². The van der Waals surface area contributed by atoms with E-state index >= 15 is 0 Å². The molecule has 2 aromatic carbocycles. The number of aromatic nitrogens is 3. The standard InChI is InChI=1S/C24H23F2N3O3/c1-13-15(23(30)31)4-6-20-21(13)28-22(29(20)9-10-32-2)14-3-5-18-16(11-14)17-12-24(25,26)8-7-19(17)27-18/h3-6,11,27H,7-10,12H2,1-2H3,(H,30,31). The van der Waals surface area contributed by atoms with Crippen LogP contribution >= 0.6 is 0 Å². The molecule has 0 saturated carbocycles. The molecule has 0 radical (unpaired) electrons. The minimum Gasteiger partial charge on any atom is -0.478 e. The van der Waals surface area contributed by atoms with E-state index in [1.54, 1.807) is 26.2 Å². The normalized spacial score (nSPS) is 15.4. The number of nitrogens with zero attached hydrogens (tertiary/aromatic N) is 2. The predicted molar refractivity (Wildman–Crippen MR) is 118 cm³/mol. The van der Waals surface area contributed by atoms with Crippen LogP contribution in [0.4, 0.5) is 8.78 Å². The summed E-state index contributed by atoms with van der Waals surface area (Å²) in [5.41, 5.74) is 5.38. The largest absolute Gasteiger partial charge is 0.478 e. The fraction of sp³-hybridized carbons (Fsp3) is 0.333. The van der Waals surface area contributed by atoms with Crippen LogP contribution in [-0.4, -0.2) is 45.3 Å². The zero-order chi connectivity index (χ0) is 22.6. The van der Waals surface area contributed by atoms with Crippen LogP contribution in [0.5, 0.6) is 0 Å². The Hall–Kier alpha value is -3.26. The molecule has 2 aromatic heterocycles. The minimum absolute atomic E-state index is 0.141. The van der Waals surface area contributed by atoms with Crippen LogP contribution in [0.2, 0.25) is 0 Å². The Morgan fingerprint density at radius 2 is 2.12 bits per heavy atom. The number of carboxylic acids is 1. The average molecular weight is 439 g/mol. The Kier molecular flexibility index (Phi) is 4.78. The van der Waals surface area contributed by atoms with Crippen molar-refractivity contribution >= 4 is 27.9 Å². The van der Waals surface area contributed by atoms with Gasteiger partial charge in [0.05, 0.1) is 23.2 Å². The second-order valence-electron chi connectivity index (χ2n) is 8.37. The number of halogens is 2. The second-order valence-corrected chi connectivity index (χ2v) is 8.37. The number of nitrogens with one attached hydrogen (secondary N) is 1. The molecule has 166 valence electrons. The number of H-pyrrole nitrogens is 1. The van der Waals surface area contributed by atoms with E-state index in [2.05, 4.69) is 4.98 Å². The number of hydrogen-bond acceptors (Lipinski definition) is 3. The molecule has 0 bridgehead atoms. The number of carboxylic acid groups (broad SMARTS) is 1. The molecule has 2 N–H and O–H groups in total. The number of aromatic amines is 1. The van der Waals surface area contributed by atoms with Gasteiger partial charge >= 0.3 is 5.97 Å². The van der Waals surface area contributed by atoms with Gasteiger partial charge in [0.2, 0.25) is 0 Å². The maximum absolute atomic E-state index is 14.1. The number of fused-ring (bicyclic) bond motifs is 4. The second kappa shape index (κ2) is 7.41. The number of benzene rings is 2. The van der Waals surface area contributed by atoms with Gasteiger partial charge in [0.15, 0.2) is 0 Å². The lowest BCUT2D eigenvalue weighted by atomic mass is 9.92. The lowest BCUT2D eigenvalue weighted by molar-refractivity contribution is -0.0121. The molecule has 4 aromatic rings. The number of aryl methyl sites for hydroxylation is 2. The van der Waals surface area contributed by atoms with Crippen molar-refractivity contribution in [3.63, 3.8) is 0 Å². The van der Waals surface area contributed by atoms with Crippen molar-refractivity contribution < 1.29 is 23.4 Å². The van der Waals surface area contributed by atoms with E-state index in [9.17, 15) is 18.7 Å². The first-order valence-electron chi connectivity index (χ1n) is 10.5. The smallest absolute Gasteiger partial charge is 0.336 e. The number of aromatic carboxylic acids is 1. The Morgan fingerprint density at radius 3 is 2.88 bits per heavy atom. The first kappa shape index (κ1) is 20.6. The van der Waals surface area contributed by atoms with Gasteiger partial charge < -0.3 is 19.4 Å². The Bertz CT molecular complexity index is 1370. The highest BCUT2D eigenvalue weighted by Gasteiger charge is 2.36. The predicted octanol–water partition coefficient (Wildman–Crippen LogP) is 4.96. The molecule has 2 heterocycles. The third-order valence-electron chi connectivity index (χ3n) is 6.35. The number of carbonyl (C=O) groups is 1. The molecule has 0 atom stereocenters. The molecule has 32 heavy (non-hydrogen) atoms. The van der Waals surface area contributed by atoms with E-state index in [-0.39, 0.29) is 18.4 Å². The molecular weight excluding hydrogens is 416 g/mol. The van der Waals surface area contributed by atoms with Gasteiger partial charge in [0, 0.05) is 48.7 Å². The van der Waals surface area contributed by atoms with E-state index in [1.807, 2.05) is 22.8 Å². The van der Waals surface area contributed by atoms with Gasteiger partial charge in [0.25, 0.3) is 5.92 Å². The van der Waals surface area contributed by atoms with Gasteiger partial charge in [-0.25, -0.2) is 18.6 Å². The quantitative estimate of drug-likeness (QED) is 0.461. The van der Waals surface area contributed by atoms with Crippen molar-refractivity contribution in [3.8, 4) is 11.4 Å². The van der Waals surface area contributed by atoms with Crippen LogP contribution in [0, 0.1) is 6.92 Å². The van der Waals surface area contributed by atoms with Crippen LogP contribution < -0.4 is 0 Å². The molecule has 1 aliphatic carbocycles. The fourth-order valence-corrected chi connectivity index (χ4v) is 4.70. The molecule has 0 fully saturated rings. The van der Waals surface area contributed by atoms with Gasteiger partial charge in [-0.3, -0.25) is 0 Å². The van der Waals surface area contributed by atoms with E-state index in [1.165, 1.54) is 0 Å². The number of rotatable bonds is 5. The van der Waals surface area contributed by atoms with E-state index in [0.717, 1.165) is 27.7 Å². The van der Waals surface area contributed by atoms with E-state index in [4.69, 9.17) is 9.72 Å². The van der Waals surface area contributed by atoms with Gasteiger partial charge in [0.1, 0.15) is 5.82 Å². The van der Waals surface area contributed by atoms with Crippen LogP contribution in [-0.2, 0) is 24.1 Å². The topological polar surface area (TPSA) is 80.1 Å². The Morgan fingerprint density at radius 1 is 1.31 bits per heavy atom. The van der Waals surface area contributed by atoms with Crippen LogP contribution in [0.25, 0.3) is 33.3 Å². The highest BCUT2D eigenvalue weighted by molar-refractivity contribution is 5.97. The van der Waals surface area contributed by atoms with Crippen molar-refractivity contribution in [2.75, 3.05) is 13.7 Å². The lowest BCUT2D eigenvalue weighted by Gasteiger charge is -2.21. The SMILES string of the molecule is COCCn1c(-c2ccc3[nH]c4c(c3c2)CC(F)(F)CC4)nc2c(C)c(C(=O)O)ccc21. The summed E-state index contributed by atoms with van der Waals surface area (Å²) in [6.45, 7) is 2.72. The maximum atomic E-state index is 14.1. The minimum atomic E-state index is -2.70. The third-order valence-corrected chi connectivity index (χ3v) is 6.35. The highest BCUT2D eigenvalue weighted by Crippen LogP contribution is 2.38. The zero-order valence-electron chi connectivity index (χ0n) is 17.8. The lowest BCUT2D eigenvalue weighted by Crippen LogP contribution is -2.25. The number of ether oxygens (including phenoxy) is 1. The van der Waals surface area contributed by atoms with Gasteiger partial charge in [-0.05, 0) is 54.8 Å². The summed E-state index contributed by atoms with van der Waals surface area (Å²) in [7, 11) is 1.62. The van der Waals surface area contributed by atoms with Crippen LogP contribution in [0.15, 0.2) is 30.3 Å². The maximum Gasteiger partial charge on any atom is 0.336 e. The molecular formula is C24H23F2N3O3. The van der Waals surface area contributed by atoms with Crippen molar-refractivity contribution in [2.24, 2.45) is 0 Å². The highest BCUT2D eigenvalue weighted by atomic mass is 19.3. The van der Waals surface area contributed by atoms with Gasteiger partial charge in [-0.15, -0.1) is 0 Å². The van der Waals surface area contributed by atoms with Crippen LogP contribution in [0.1, 0.15) is 33.6 Å². The van der Waals surface area contributed by atoms with Crippen molar-refractivity contribution in [1.29, 1.82) is 0 Å². The summed E-state index contributed by atoms with van der Waals surface area (Å²) in [5.74, 6) is -3.05. The number of hydrogen-bond donors (Lipinski definition) is 2. The summed E-state index contributed by atoms with van der Waals surface area (Å²) in [6.07, 6.45) is -0.0828. The number of imidazole rings is 1. The molecule has 0 spiro atoms. The molecule has 0 amide bonds. The van der Waals surface area contributed by atoms with Gasteiger partial charge in [-0.1, -0.05) is 0 Å². The van der Waals surface area contributed by atoms with E-state index in [0.29, 0.717) is 42.0 Å². The van der Waals surface area contributed by atoms with Crippen molar-refractivity contribution in [3.05, 3.63) is 52.7 Å². The molecule has 0 unspecified atom stereocenters. The average Bonchev–Trinajstić information content (AvgIpc) is 3.29. The first-order chi connectivity index (χ1) is 15.3. The number of alkyl halides is 2.